The predicted octanol–water partition coefficient (Wildman–Crippen LogP) is 0.447. The number of hydrogen-bond acceptors (Lipinski definition) is 4. The molecule has 0 aromatic rings. The number of hydrogen-bond donors (Lipinski definition) is 0. The fraction of sp³-hybridized carbons (Fsp3) is 1.00. The summed E-state index contributed by atoms with van der Waals surface area (Å²) < 4.78 is 29.8. The van der Waals surface area contributed by atoms with Gasteiger partial charge < -0.3 is 0 Å². The molecule has 0 amide bonds. The van der Waals surface area contributed by atoms with Crippen LogP contribution in [0.25, 0.3) is 0 Å². The highest BCUT2D eigenvalue weighted by Gasteiger charge is 2.28. The van der Waals surface area contributed by atoms with Crippen LogP contribution in [0.2, 0.25) is 0 Å². The zero-order chi connectivity index (χ0) is 7.61. The van der Waals surface area contributed by atoms with Crippen molar-refractivity contribution in [3.05, 3.63) is 0 Å². The lowest BCUT2D eigenvalue weighted by Crippen LogP contribution is -2.08. The van der Waals surface area contributed by atoms with Crippen LogP contribution in [-0.2, 0) is 18.8 Å². The van der Waals surface area contributed by atoms with Crippen molar-refractivity contribution in [3.8, 4) is 0 Å². The third-order valence-electron chi connectivity index (χ3n) is 1.26. The lowest BCUT2D eigenvalue weighted by atomic mass is 10.2. The molecule has 60 valence electrons. The Balaban J connectivity index is 2.44. The predicted molar refractivity (Wildman–Crippen MR) is 34.7 cm³/mol. The van der Waals surface area contributed by atoms with E-state index in [9.17, 15) is 8.42 Å². The minimum absolute atomic E-state index is 0.177. The van der Waals surface area contributed by atoms with Crippen molar-refractivity contribution in [1.29, 1.82) is 0 Å². The lowest BCUT2D eigenvalue weighted by molar-refractivity contribution is 0.222. The van der Waals surface area contributed by atoms with Gasteiger partial charge in [0.15, 0.2) is 0 Å². The fourth-order valence-corrected chi connectivity index (χ4v) is 1.69. The van der Waals surface area contributed by atoms with Crippen LogP contribution in [-0.4, -0.2) is 21.1 Å². The molecule has 0 aliphatic carbocycles. The molecule has 5 heteroatoms. The minimum atomic E-state index is -3.62. The van der Waals surface area contributed by atoms with Gasteiger partial charge in [0, 0.05) is 0 Å². The topological polar surface area (TPSA) is 52.6 Å². The van der Waals surface area contributed by atoms with E-state index in [-0.39, 0.29) is 12.7 Å². The molecule has 1 rings (SSSR count). The first kappa shape index (κ1) is 7.97. The minimum Gasteiger partial charge on any atom is -0.245 e. The molecule has 1 heterocycles. The molecule has 1 fully saturated rings. The van der Waals surface area contributed by atoms with Gasteiger partial charge in [0.1, 0.15) is 6.10 Å². The van der Waals surface area contributed by atoms with E-state index in [0.29, 0.717) is 0 Å². The summed E-state index contributed by atoms with van der Waals surface area (Å²) in [5.41, 5.74) is 0. The van der Waals surface area contributed by atoms with Gasteiger partial charge in [0.05, 0.1) is 6.61 Å². The van der Waals surface area contributed by atoms with Gasteiger partial charge in [-0.05, 0) is 6.42 Å². The van der Waals surface area contributed by atoms with Crippen molar-refractivity contribution >= 4 is 10.4 Å². The molecule has 0 spiro atoms. The van der Waals surface area contributed by atoms with Crippen molar-refractivity contribution in [2.75, 3.05) is 6.61 Å². The summed E-state index contributed by atoms with van der Waals surface area (Å²) in [6.07, 6.45) is 1.39. The third-order valence-corrected chi connectivity index (χ3v) is 2.20. The summed E-state index contributed by atoms with van der Waals surface area (Å²) in [5.74, 6) is 0. The van der Waals surface area contributed by atoms with Crippen LogP contribution in [0.1, 0.15) is 19.8 Å². The van der Waals surface area contributed by atoms with Crippen LogP contribution in [0.15, 0.2) is 0 Å². The van der Waals surface area contributed by atoms with Crippen LogP contribution in [0.4, 0.5) is 0 Å². The Hall–Kier alpha value is -0.130. The fourth-order valence-electron chi connectivity index (χ4n) is 0.835. The molecule has 4 nitrogen and oxygen atoms in total. The summed E-state index contributed by atoms with van der Waals surface area (Å²) in [6.45, 7) is 2.14. The average Bonchev–Trinajstić information content (AvgIpc) is 2.12. The molecule has 0 unspecified atom stereocenters. The van der Waals surface area contributed by atoms with Gasteiger partial charge in [-0.25, -0.2) is 8.37 Å². The van der Waals surface area contributed by atoms with Crippen LogP contribution >= 0.6 is 0 Å². The van der Waals surface area contributed by atoms with Crippen molar-refractivity contribution in [2.24, 2.45) is 0 Å². The molecule has 0 N–H and O–H groups in total. The van der Waals surface area contributed by atoms with E-state index in [1.54, 1.807) is 0 Å². The smallest absolute Gasteiger partial charge is 0.245 e. The van der Waals surface area contributed by atoms with Gasteiger partial charge in [-0.3, -0.25) is 0 Å². The summed E-state index contributed by atoms with van der Waals surface area (Å²) in [6, 6.07) is 0. The average molecular weight is 166 g/mol. The van der Waals surface area contributed by atoms with Crippen LogP contribution < -0.4 is 0 Å². The first-order valence-electron chi connectivity index (χ1n) is 3.21. The third kappa shape index (κ3) is 1.93. The van der Waals surface area contributed by atoms with Gasteiger partial charge in [-0.1, -0.05) is 13.3 Å². The van der Waals surface area contributed by atoms with Gasteiger partial charge >= 0.3 is 10.4 Å². The lowest BCUT2D eigenvalue weighted by Gasteiger charge is -1.99. The molecular weight excluding hydrogens is 156 g/mol. The van der Waals surface area contributed by atoms with Crippen molar-refractivity contribution in [1.82, 2.24) is 0 Å². The van der Waals surface area contributed by atoms with Crippen LogP contribution in [0, 0.1) is 0 Å². The molecule has 0 aromatic heterocycles. The van der Waals surface area contributed by atoms with Crippen LogP contribution in [0.5, 0.6) is 0 Å². The van der Waals surface area contributed by atoms with Crippen molar-refractivity contribution in [3.63, 3.8) is 0 Å². The second-order valence-electron chi connectivity index (χ2n) is 2.20. The number of rotatable bonds is 2. The van der Waals surface area contributed by atoms with Crippen molar-refractivity contribution in [2.45, 2.75) is 25.9 Å². The SMILES string of the molecule is CCC[C@@H]1COS(=O)(=O)O1. The highest BCUT2D eigenvalue weighted by Crippen LogP contribution is 2.16. The Kier molecular flexibility index (Phi) is 2.28. The molecule has 10 heavy (non-hydrogen) atoms. The Labute approximate surface area is 60.5 Å². The summed E-state index contributed by atoms with van der Waals surface area (Å²) >= 11 is 0. The highest BCUT2D eigenvalue weighted by atomic mass is 32.3. The standard InChI is InChI=1S/C5H10O4S/c1-2-3-5-4-8-10(6,7)9-5/h5H,2-4H2,1H3/t5-/m1/s1. The summed E-state index contributed by atoms with van der Waals surface area (Å²) in [5, 5.41) is 0. The molecule has 0 radical (unpaired) electrons. The maximum atomic E-state index is 10.5. The van der Waals surface area contributed by atoms with E-state index in [1.807, 2.05) is 6.92 Å². The zero-order valence-corrected chi connectivity index (χ0v) is 6.56. The zero-order valence-electron chi connectivity index (χ0n) is 5.74. The highest BCUT2D eigenvalue weighted by molar-refractivity contribution is 7.82. The van der Waals surface area contributed by atoms with E-state index >= 15 is 0 Å². The maximum Gasteiger partial charge on any atom is 0.400 e. The molecule has 0 bridgehead atoms. The van der Waals surface area contributed by atoms with E-state index in [4.69, 9.17) is 0 Å². The van der Waals surface area contributed by atoms with E-state index < -0.39 is 10.4 Å². The van der Waals surface area contributed by atoms with Gasteiger partial charge in [0.2, 0.25) is 0 Å². The van der Waals surface area contributed by atoms with E-state index in [0.717, 1.165) is 12.8 Å². The van der Waals surface area contributed by atoms with Gasteiger partial charge in [-0.2, -0.15) is 8.42 Å². The normalized spacial score (nSPS) is 30.7. The molecule has 0 saturated carbocycles. The first-order valence-corrected chi connectivity index (χ1v) is 4.55. The molecule has 1 saturated heterocycles. The Morgan fingerprint density at radius 2 is 2.30 bits per heavy atom. The van der Waals surface area contributed by atoms with Crippen LogP contribution in [0.3, 0.4) is 0 Å². The molecular formula is C5H10O4S. The van der Waals surface area contributed by atoms with Gasteiger partial charge in [0.25, 0.3) is 0 Å². The maximum absolute atomic E-state index is 10.5. The molecule has 1 aliphatic rings. The Morgan fingerprint density at radius 1 is 1.60 bits per heavy atom. The first-order chi connectivity index (χ1) is 4.64. The largest absolute Gasteiger partial charge is 0.400 e. The second-order valence-corrected chi connectivity index (χ2v) is 3.44. The quantitative estimate of drug-likeness (QED) is 0.597. The summed E-state index contributed by atoms with van der Waals surface area (Å²) in [4.78, 5) is 0. The molecule has 1 aliphatic heterocycles. The van der Waals surface area contributed by atoms with Crippen molar-refractivity contribution < 1.29 is 16.8 Å². The van der Waals surface area contributed by atoms with E-state index in [1.165, 1.54) is 0 Å². The van der Waals surface area contributed by atoms with E-state index in [2.05, 4.69) is 8.37 Å². The Bertz CT molecular complexity index is 196. The molecule has 1 atom stereocenters. The monoisotopic (exact) mass is 166 g/mol. The van der Waals surface area contributed by atoms with Gasteiger partial charge in [-0.15, -0.1) is 0 Å². The summed E-state index contributed by atoms with van der Waals surface area (Å²) in [7, 11) is -3.62. The second kappa shape index (κ2) is 2.86. The molecule has 0 aromatic carbocycles. The Morgan fingerprint density at radius 3 is 2.70 bits per heavy atom.